The Hall–Kier alpha value is -3.44. The van der Waals surface area contributed by atoms with Crippen LogP contribution in [0.1, 0.15) is 27.9 Å². The van der Waals surface area contributed by atoms with Crippen LogP contribution in [0.3, 0.4) is 0 Å². The number of nitrogens with zero attached hydrogens (tertiary/aromatic N) is 2. The third-order valence-electron chi connectivity index (χ3n) is 5.63. The molecule has 3 aromatic rings. The van der Waals surface area contributed by atoms with Crippen LogP contribution in [0.2, 0.25) is 5.02 Å². The molecule has 1 aliphatic rings. The summed E-state index contributed by atoms with van der Waals surface area (Å²) in [7, 11) is 0. The summed E-state index contributed by atoms with van der Waals surface area (Å²) in [6.45, 7) is 2.28. The zero-order valence-electron chi connectivity index (χ0n) is 17.7. The summed E-state index contributed by atoms with van der Waals surface area (Å²) in [5, 5.41) is 0.517. The highest BCUT2D eigenvalue weighted by atomic mass is 35.5. The Bertz CT molecular complexity index is 1130. The Balaban J connectivity index is 1.63. The molecule has 1 fully saturated rings. The maximum Gasteiger partial charge on any atom is 0.257 e. The fourth-order valence-electron chi connectivity index (χ4n) is 3.88. The maximum atomic E-state index is 13.4. The average molecular weight is 447 g/mol. The topological polar surface area (TPSA) is 57.7 Å². The molecule has 3 amide bonds. The minimum atomic E-state index is -0.851. The lowest BCUT2D eigenvalue weighted by molar-refractivity contribution is -0.122. The number of anilines is 1. The van der Waals surface area contributed by atoms with Gasteiger partial charge < -0.3 is 4.90 Å². The molecular weight excluding hydrogens is 424 g/mol. The number of benzene rings is 3. The van der Waals surface area contributed by atoms with Gasteiger partial charge in [-0.2, -0.15) is 0 Å². The van der Waals surface area contributed by atoms with Gasteiger partial charge in [0.25, 0.3) is 11.8 Å². The monoisotopic (exact) mass is 446 g/mol. The second-order valence-corrected chi connectivity index (χ2v) is 8.30. The average Bonchev–Trinajstić information content (AvgIpc) is 3.09. The smallest absolute Gasteiger partial charge is 0.257 e. The van der Waals surface area contributed by atoms with Gasteiger partial charge in [-0.3, -0.25) is 14.4 Å². The lowest BCUT2D eigenvalue weighted by Crippen LogP contribution is -2.46. The SMILES string of the molecule is Cc1ccc(C(=O)N(CCc2ccccc2)C2CC(=O)N(c3ccc(Cl)cc3)C2=O)cc1. The first-order valence-corrected chi connectivity index (χ1v) is 10.9. The number of halogens is 1. The van der Waals surface area contributed by atoms with Crippen molar-refractivity contribution < 1.29 is 14.4 Å². The summed E-state index contributed by atoms with van der Waals surface area (Å²) in [6, 6.07) is 22.7. The van der Waals surface area contributed by atoms with Crippen LogP contribution in [0.5, 0.6) is 0 Å². The van der Waals surface area contributed by atoms with Crippen LogP contribution in [-0.2, 0) is 16.0 Å². The highest BCUT2D eigenvalue weighted by molar-refractivity contribution is 6.31. The van der Waals surface area contributed by atoms with E-state index in [2.05, 4.69) is 0 Å². The van der Waals surface area contributed by atoms with Crippen molar-refractivity contribution in [3.8, 4) is 0 Å². The van der Waals surface area contributed by atoms with Crippen molar-refractivity contribution in [1.82, 2.24) is 4.90 Å². The van der Waals surface area contributed by atoms with Crippen LogP contribution < -0.4 is 4.90 Å². The molecule has 0 N–H and O–H groups in total. The van der Waals surface area contributed by atoms with Crippen molar-refractivity contribution in [1.29, 1.82) is 0 Å². The molecule has 1 heterocycles. The van der Waals surface area contributed by atoms with Gasteiger partial charge in [0.2, 0.25) is 5.91 Å². The zero-order chi connectivity index (χ0) is 22.7. The molecule has 1 aliphatic heterocycles. The van der Waals surface area contributed by atoms with Crippen molar-refractivity contribution in [2.24, 2.45) is 0 Å². The van der Waals surface area contributed by atoms with Crippen molar-refractivity contribution in [2.45, 2.75) is 25.8 Å². The molecule has 6 heteroatoms. The largest absolute Gasteiger partial charge is 0.326 e. The summed E-state index contributed by atoms with van der Waals surface area (Å²) in [5.74, 6) is -0.986. The second-order valence-electron chi connectivity index (χ2n) is 7.86. The van der Waals surface area contributed by atoms with Gasteiger partial charge in [-0.1, -0.05) is 59.6 Å². The summed E-state index contributed by atoms with van der Waals surface area (Å²) in [6.07, 6.45) is 0.533. The lowest BCUT2D eigenvalue weighted by Gasteiger charge is -2.28. The predicted octanol–water partition coefficient (Wildman–Crippen LogP) is 4.67. The molecule has 4 rings (SSSR count). The Morgan fingerprint density at radius 1 is 0.969 bits per heavy atom. The summed E-state index contributed by atoms with van der Waals surface area (Å²) in [4.78, 5) is 42.2. The van der Waals surface area contributed by atoms with Crippen LogP contribution in [0.15, 0.2) is 78.9 Å². The van der Waals surface area contributed by atoms with Crippen LogP contribution in [-0.4, -0.2) is 35.2 Å². The first kappa shape index (κ1) is 21.8. The highest BCUT2D eigenvalue weighted by Crippen LogP contribution is 2.28. The van der Waals surface area contributed by atoms with E-state index in [0.29, 0.717) is 29.2 Å². The van der Waals surface area contributed by atoms with Gasteiger partial charge in [0.15, 0.2) is 0 Å². The minimum Gasteiger partial charge on any atom is -0.326 e. The minimum absolute atomic E-state index is 0.0478. The molecule has 0 spiro atoms. The quantitative estimate of drug-likeness (QED) is 0.517. The molecule has 1 atom stereocenters. The Labute approximate surface area is 192 Å². The number of hydrogen-bond acceptors (Lipinski definition) is 3. The molecule has 0 bridgehead atoms. The van der Waals surface area contributed by atoms with Gasteiger partial charge in [-0.25, -0.2) is 4.90 Å². The fraction of sp³-hybridized carbons (Fsp3) is 0.192. The summed E-state index contributed by atoms with van der Waals surface area (Å²) >= 11 is 5.95. The molecule has 162 valence electrons. The van der Waals surface area contributed by atoms with Crippen molar-refractivity contribution in [2.75, 3.05) is 11.4 Å². The molecule has 3 aromatic carbocycles. The normalized spacial score (nSPS) is 15.8. The van der Waals surface area contributed by atoms with E-state index in [9.17, 15) is 14.4 Å². The zero-order valence-corrected chi connectivity index (χ0v) is 18.5. The number of carbonyl (C=O) groups excluding carboxylic acids is 3. The van der Waals surface area contributed by atoms with E-state index >= 15 is 0 Å². The lowest BCUT2D eigenvalue weighted by atomic mass is 10.1. The summed E-state index contributed by atoms with van der Waals surface area (Å²) in [5.41, 5.74) is 3.05. The van der Waals surface area contributed by atoms with Gasteiger partial charge in [0.1, 0.15) is 6.04 Å². The van der Waals surface area contributed by atoms with E-state index in [1.807, 2.05) is 49.4 Å². The fourth-order valence-corrected chi connectivity index (χ4v) is 4.00. The van der Waals surface area contributed by atoms with Gasteiger partial charge in [-0.15, -0.1) is 0 Å². The third kappa shape index (κ3) is 4.58. The van der Waals surface area contributed by atoms with E-state index in [0.717, 1.165) is 16.0 Å². The second kappa shape index (κ2) is 9.37. The molecule has 0 radical (unpaired) electrons. The summed E-state index contributed by atoms with van der Waals surface area (Å²) < 4.78 is 0. The van der Waals surface area contributed by atoms with Gasteiger partial charge in [0, 0.05) is 17.1 Å². The molecule has 0 aromatic heterocycles. The number of rotatable bonds is 6. The van der Waals surface area contributed by atoms with E-state index in [4.69, 9.17) is 11.6 Å². The molecule has 1 saturated heterocycles. The predicted molar refractivity (Wildman–Crippen MR) is 125 cm³/mol. The molecule has 1 unspecified atom stereocenters. The number of hydrogen-bond donors (Lipinski definition) is 0. The van der Waals surface area contributed by atoms with Crippen LogP contribution in [0.25, 0.3) is 0 Å². The van der Waals surface area contributed by atoms with Crippen molar-refractivity contribution in [3.05, 3.63) is 101 Å². The Morgan fingerprint density at radius 3 is 2.28 bits per heavy atom. The number of aryl methyl sites for hydroxylation is 1. The molecule has 0 saturated carbocycles. The Kier molecular flexibility index (Phi) is 6.37. The van der Waals surface area contributed by atoms with Gasteiger partial charge in [-0.05, 0) is 55.3 Å². The highest BCUT2D eigenvalue weighted by Gasteiger charge is 2.44. The van der Waals surface area contributed by atoms with E-state index in [-0.39, 0.29) is 18.2 Å². The number of carbonyl (C=O) groups is 3. The Morgan fingerprint density at radius 2 is 1.62 bits per heavy atom. The maximum absolute atomic E-state index is 13.4. The van der Waals surface area contributed by atoms with E-state index in [1.54, 1.807) is 36.4 Å². The van der Waals surface area contributed by atoms with Crippen molar-refractivity contribution >= 4 is 35.0 Å². The third-order valence-corrected chi connectivity index (χ3v) is 5.88. The molecule has 32 heavy (non-hydrogen) atoms. The molecule has 5 nitrogen and oxygen atoms in total. The number of amides is 3. The van der Waals surface area contributed by atoms with Crippen LogP contribution in [0, 0.1) is 6.92 Å². The first-order chi connectivity index (χ1) is 15.4. The van der Waals surface area contributed by atoms with Gasteiger partial charge >= 0.3 is 0 Å². The standard InChI is InChI=1S/C26H23ClN2O3/c1-18-7-9-20(10-8-18)25(31)28(16-15-19-5-3-2-4-6-19)23-17-24(30)29(26(23)32)22-13-11-21(27)12-14-22/h2-14,23H,15-17H2,1H3. The molecule has 0 aliphatic carbocycles. The van der Waals surface area contributed by atoms with Gasteiger partial charge in [0.05, 0.1) is 12.1 Å². The first-order valence-electron chi connectivity index (χ1n) is 10.5. The van der Waals surface area contributed by atoms with Crippen molar-refractivity contribution in [3.63, 3.8) is 0 Å². The number of imide groups is 1. The van der Waals surface area contributed by atoms with E-state index in [1.165, 1.54) is 4.90 Å². The molecular formula is C26H23ClN2O3. The van der Waals surface area contributed by atoms with Crippen LogP contribution >= 0.6 is 11.6 Å². The van der Waals surface area contributed by atoms with Crippen LogP contribution in [0.4, 0.5) is 5.69 Å². The van der Waals surface area contributed by atoms with E-state index < -0.39 is 11.9 Å².